The number of carbonyl (C=O) groups excluding carboxylic acids is 1. The normalized spacial score (nSPS) is 14.1. The first-order valence-electron chi connectivity index (χ1n) is 10.8. The number of anilines is 1. The van der Waals surface area contributed by atoms with Gasteiger partial charge in [-0.1, -0.05) is 48.0 Å². The Morgan fingerprint density at radius 2 is 1.76 bits per heavy atom. The maximum Gasteiger partial charge on any atom is 0.257 e. The minimum Gasteiger partial charge on any atom is -0.456 e. The molecule has 1 amide bonds. The highest BCUT2D eigenvalue weighted by molar-refractivity contribution is 6.34. The molecule has 5 nitrogen and oxygen atoms in total. The van der Waals surface area contributed by atoms with Crippen LogP contribution in [0.4, 0.5) is 5.69 Å². The molecule has 7 heteroatoms. The lowest BCUT2D eigenvalue weighted by atomic mass is 10.1. The average Bonchev–Trinajstić information content (AvgIpc) is 3.26. The molecule has 1 fully saturated rings. The lowest BCUT2D eigenvalue weighted by Gasteiger charge is -2.27. The van der Waals surface area contributed by atoms with Gasteiger partial charge in [0.1, 0.15) is 11.3 Å². The number of hydrogen-bond acceptors (Lipinski definition) is 4. The predicted molar refractivity (Wildman–Crippen MR) is 136 cm³/mol. The molecule has 0 atom stereocenters. The van der Waals surface area contributed by atoms with E-state index in [1.165, 1.54) is 5.56 Å². The summed E-state index contributed by atoms with van der Waals surface area (Å²) in [5, 5.41) is 7.91. The third-order valence-electron chi connectivity index (χ3n) is 5.81. The Kier molecular flexibility index (Phi) is 7.36. The average molecular weight is 482 g/mol. The van der Waals surface area contributed by atoms with E-state index < -0.39 is 0 Å². The lowest BCUT2D eigenvalue weighted by Crippen LogP contribution is -2.42. The lowest BCUT2D eigenvalue weighted by molar-refractivity contribution is 0.102. The van der Waals surface area contributed by atoms with Crippen LogP contribution in [0.5, 0.6) is 0 Å². The molecule has 3 aromatic carbocycles. The van der Waals surface area contributed by atoms with E-state index in [-0.39, 0.29) is 18.3 Å². The fraction of sp³-hybridized carbons (Fsp3) is 0.192. The number of carbonyl (C=O) groups is 1. The van der Waals surface area contributed by atoms with Gasteiger partial charge in [0, 0.05) is 43.7 Å². The van der Waals surface area contributed by atoms with Crippen molar-refractivity contribution < 1.29 is 9.21 Å². The first-order valence-corrected chi connectivity index (χ1v) is 11.2. The second kappa shape index (κ2) is 10.4. The molecule has 2 heterocycles. The van der Waals surface area contributed by atoms with Crippen molar-refractivity contribution in [1.82, 2.24) is 10.2 Å². The smallest absolute Gasteiger partial charge is 0.257 e. The Bertz CT molecular complexity index is 1270. The van der Waals surface area contributed by atoms with Crippen LogP contribution in [0.1, 0.15) is 15.9 Å². The van der Waals surface area contributed by atoms with Crippen molar-refractivity contribution in [3.8, 4) is 11.3 Å². The number of piperazine rings is 1. The summed E-state index contributed by atoms with van der Waals surface area (Å²) in [5.41, 5.74) is 4.04. The quantitative estimate of drug-likeness (QED) is 0.376. The largest absolute Gasteiger partial charge is 0.456 e. The third kappa shape index (κ3) is 5.07. The zero-order valence-electron chi connectivity index (χ0n) is 18.0. The fourth-order valence-electron chi connectivity index (χ4n) is 4.14. The van der Waals surface area contributed by atoms with Crippen LogP contribution in [0, 0.1) is 0 Å². The van der Waals surface area contributed by atoms with Crippen LogP contribution < -0.4 is 10.6 Å². The van der Waals surface area contributed by atoms with Gasteiger partial charge in [0.25, 0.3) is 5.91 Å². The van der Waals surface area contributed by atoms with Gasteiger partial charge in [-0.05, 0) is 42.0 Å². The summed E-state index contributed by atoms with van der Waals surface area (Å²) in [6.07, 6.45) is 0. The molecule has 0 bridgehead atoms. The molecule has 4 aromatic rings. The van der Waals surface area contributed by atoms with Gasteiger partial charge in [-0.25, -0.2) is 0 Å². The van der Waals surface area contributed by atoms with E-state index in [1.807, 2.05) is 36.4 Å². The molecule has 0 unspecified atom stereocenters. The number of rotatable bonds is 5. The van der Waals surface area contributed by atoms with E-state index in [0.29, 0.717) is 16.3 Å². The highest BCUT2D eigenvalue weighted by Crippen LogP contribution is 2.34. The standard InChI is InChI=1S/C26H24ClN3O2.ClH/c27-22-9-3-1-7-19(22)26(31)29-23-10-4-2-8-20(23)25-16-21-18(6-5-11-24(21)32-25)17-30-14-12-28-13-15-30;/h1-11,16,28H,12-15,17H2,(H,29,31);1H. The van der Waals surface area contributed by atoms with Crippen molar-refractivity contribution in [1.29, 1.82) is 0 Å². The number of benzene rings is 3. The maximum absolute atomic E-state index is 12.8. The first kappa shape index (κ1) is 23.3. The Balaban J connectivity index is 0.00000259. The fourth-order valence-corrected chi connectivity index (χ4v) is 4.37. The maximum atomic E-state index is 12.8. The number of fused-ring (bicyclic) bond motifs is 1. The summed E-state index contributed by atoms with van der Waals surface area (Å²) in [6.45, 7) is 5.01. The molecule has 0 spiro atoms. The summed E-state index contributed by atoms with van der Waals surface area (Å²) in [4.78, 5) is 15.3. The zero-order chi connectivity index (χ0) is 21.9. The molecule has 1 saturated heterocycles. The van der Waals surface area contributed by atoms with Gasteiger partial charge in [0.15, 0.2) is 0 Å². The van der Waals surface area contributed by atoms with Gasteiger partial charge in [-0.2, -0.15) is 0 Å². The van der Waals surface area contributed by atoms with E-state index in [4.69, 9.17) is 16.0 Å². The molecule has 0 aliphatic carbocycles. The molecular weight excluding hydrogens is 457 g/mol. The summed E-state index contributed by atoms with van der Waals surface area (Å²) in [5.74, 6) is 0.473. The zero-order valence-corrected chi connectivity index (χ0v) is 19.6. The van der Waals surface area contributed by atoms with Crippen LogP contribution in [-0.4, -0.2) is 37.0 Å². The summed E-state index contributed by atoms with van der Waals surface area (Å²) < 4.78 is 6.23. The van der Waals surface area contributed by atoms with E-state index >= 15 is 0 Å². The van der Waals surface area contributed by atoms with Crippen molar-refractivity contribution in [3.63, 3.8) is 0 Å². The Morgan fingerprint density at radius 1 is 1.00 bits per heavy atom. The van der Waals surface area contributed by atoms with Crippen molar-refractivity contribution in [2.45, 2.75) is 6.54 Å². The first-order chi connectivity index (χ1) is 15.7. The van der Waals surface area contributed by atoms with Crippen molar-refractivity contribution in [2.75, 3.05) is 31.5 Å². The van der Waals surface area contributed by atoms with Crippen molar-refractivity contribution >= 4 is 46.6 Å². The van der Waals surface area contributed by atoms with Crippen LogP contribution in [0.2, 0.25) is 5.02 Å². The van der Waals surface area contributed by atoms with Crippen LogP contribution in [0.25, 0.3) is 22.3 Å². The monoisotopic (exact) mass is 481 g/mol. The second-order valence-electron chi connectivity index (χ2n) is 7.95. The third-order valence-corrected chi connectivity index (χ3v) is 6.14. The van der Waals surface area contributed by atoms with Gasteiger partial charge in [0.05, 0.1) is 16.3 Å². The molecule has 33 heavy (non-hydrogen) atoms. The molecule has 1 aliphatic heterocycles. The molecule has 2 N–H and O–H groups in total. The SMILES string of the molecule is Cl.O=C(Nc1ccccc1-c1cc2c(CN3CCNCC3)cccc2o1)c1ccccc1Cl. The highest BCUT2D eigenvalue weighted by atomic mass is 35.5. The van der Waals surface area contributed by atoms with Gasteiger partial charge in [0.2, 0.25) is 0 Å². The van der Waals surface area contributed by atoms with E-state index in [0.717, 1.165) is 55.0 Å². The van der Waals surface area contributed by atoms with Gasteiger partial charge < -0.3 is 15.1 Å². The van der Waals surface area contributed by atoms with Crippen LogP contribution >= 0.6 is 24.0 Å². The number of hydrogen-bond donors (Lipinski definition) is 2. The Hall–Kier alpha value is -2.83. The Morgan fingerprint density at radius 3 is 2.58 bits per heavy atom. The number of amides is 1. The van der Waals surface area contributed by atoms with E-state index in [1.54, 1.807) is 24.3 Å². The van der Waals surface area contributed by atoms with Crippen molar-refractivity contribution in [3.05, 3.63) is 88.9 Å². The molecule has 1 aromatic heterocycles. The Labute approximate surface area is 204 Å². The number of furan rings is 1. The van der Waals surface area contributed by atoms with Gasteiger partial charge >= 0.3 is 0 Å². The summed E-state index contributed by atoms with van der Waals surface area (Å²) in [7, 11) is 0. The van der Waals surface area contributed by atoms with Crippen molar-refractivity contribution in [2.24, 2.45) is 0 Å². The molecular formula is C26H25Cl2N3O2. The van der Waals surface area contributed by atoms with Gasteiger partial charge in [-0.3, -0.25) is 9.69 Å². The summed E-state index contributed by atoms with van der Waals surface area (Å²) in [6, 6.07) is 23.0. The highest BCUT2D eigenvalue weighted by Gasteiger charge is 2.17. The second-order valence-corrected chi connectivity index (χ2v) is 8.35. The van der Waals surface area contributed by atoms with Crippen LogP contribution in [0.3, 0.4) is 0 Å². The van der Waals surface area contributed by atoms with E-state index in [2.05, 4.69) is 27.7 Å². The number of para-hydroxylation sites is 1. The molecule has 0 radical (unpaired) electrons. The molecule has 170 valence electrons. The number of nitrogens with zero attached hydrogens (tertiary/aromatic N) is 1. The number of halogens is 2. The molecule has 0 saturated carbocycles. The minimum absolute atomic E-state index is 0. The van der Waals surface area contributed by atoms with Gasteiger partial charge in [-0.15, -0.1) is 12.4 Å². The van der Waals surface area contributed by atoms with E-state index in [9.17, 15) is 4.79 Å². The van der Waals surface area contributed by atoms with Crippen LogP contribution in [0.15, 0.2) is 77.2 Å². The minimum atomic E-state index is -0.251. The number of nitrogens with one attached hydrogen (secondary N) is 2. The van der Waals surface area contributed by atoms with Crippen LogP contribution in [-0.2, 0) is 6.54 Å². The predicted octanol–water partition coefficient (Wildman–Crippen LogP) is 5.83. The molecule has 5 rings (SSSR count). The molecule has 1 aliphatic rings. The summed E-state index contributed by atoms with van der Waals surface area (Å²) >= 11 is 6.21. The topological polar surface area (TPSA) is 57.5 Å².